The number of benzene rings is 1. The molecule has 108 valence electrons. The molecule has 1 unspecified atom stereocenters. The van der Waals surface area contributed by atoms with Crippen molar-refractivity contribution in [2.45, 2.75) is 71.2 Å². The molecule has 0 fully saturated rings. The van der Waals surface area contributed by atoms with E-state index in [4.69, 9.17) is 4.43 Å². The molecule has 0 aliphatic rings. The second-order valence-corrected chi connectivity index (χ2v) is 11.7. The quantitative estimate of drug-likeness (QED) is 0.585. The summed E-state index contributed by atoms with van der Waals surface area (Å²) in [7, 11) is -1.70. The van der Waals surface area contributed by atoms with Crippen LogP contribution < -0.4 is 0 Å². The van der Waals surface area contributed by atoms with Gasteiger partial charge in [-0.25, -0.2) is 0 Å². The molecule has 0 bridgehead atoms. The lowest BCUT2D eigenvalue weighted by Gasteiger charge is -2.39. The molecule has 0 saturated heterocycles. The van der Waals surface area contributed by atoms with Crippen molar-refractivity contribution in [2.24, 2.45) is 0 Å². The second kappa shape index (κ2) is 6.71. The highest BCUT2D eigenvalue weighted by Crippen LogP contribution is 2.40. The van der Waals surface area contributed by atoms with Gasteiger partial charge >= 0.3 is 0 Å². The van der Waals surface area contributed by atoms with Gasteiger partial charge < -0.3 is 4.43 Å². The first-order chi connectivity index (χ1) is 8.78. The van der Waals surface area contributed by atoms with Gasteiger partial charge in [-0.1, -0.05) is 70.9 Å². The van der Waals surface area contributed by atoms with Crippen LogP contribution >= 0.6 is 0 Å². The fraction of sp³-hybridized carbons (Fsp3) is 0.647. The summed E-state index contributed by atoms with van der Waals surface area (Å²) in [5.41, 5.74) is 1.33. The van der Waals surface area contributed by atoms with E-state index in [0.717, 1.165) is 6.42 Å². The minimum atomic E-state index is -1.70. The fourth-order valence-electron chi connectivity index (χ4n) is 1.88. The van der Waals surface area contributed by atoms with Crippen molar-refractivity contribution in [3.05, 3.63) is 35.9 Å². The summed E-state index contributed by atoms with van der Waals surface area (Å²) in [6, 6.07) is 10.7. The fourth-order valence-corrected chi connectivity index (χ4v) is 3.20. The first-order valence-corrected chi connectivity index (χ1v) is 10.4. The molecule has 0 spiro atoms. The van der Waals surface area contributed by atoms with Crippen LogP contribution in [0, 0.1) is 0 Å². The first kappa shape index (κ1) is 16.5. The lowest BCUT2D eigenvalue weighted by atomic mass is 10.0. The van der Waals surface area contributed by atoms with E-state index in [9.17, 15) is 0 Å². The molecular weight excluding hydrogens is 248 g/mol. The number of unbranched alkanes of at least 4 members (excludes halogenated alkanes) is 1. The maximum absolute atomic E-state index is 6.63. The molecule has 1 atom stereocenters. The Balaban J connectivity index is 2.87. The maximum Gasteiger partial charge on any atom is 0.192 e. The Morgan fingerprint density at radius 3 is 2.16 bits per heavy atom. The third kappa shape index (κ3) is 4.77. The highest BCUT2D eigenvalue weighted by Gasteiger charge is 2.39. The van der Waals surface area contributed by atoms with E-state index in [1.54, 1.807) is 0 Å². The Labute approximate surface area is 120 Å². The molecule has 1 aromatic rings. The van der Waals surface area contributed by atoms with Gasteiger partial charge in [-0.2, -0.15) is 0 Å². The predicted octanol–water partition coefficient (Wildman–Crippen LogP) is 5.94. The van der Waals surface area contributed by atoms with Crippen LogP contribution in [0.1, 0.15) is 58.6 Å². The molecule has 0 heterocycles. The van der Waals surface area contributed by atoms with Gasteiger partial charge in [0, 0.05) is 0 Å². The summed E-state index contributed by atoms with van der Waals surface area (Å²) >= 11 is 0. The summed E-state index contributed by atoms with van der Waals surface area (Å²) < 4.78 is 6.63. The standard InChI is InChI=1S/C17H30OSi/c1-7-8-14-16(15-12-10-9-11-13-15)18-19(5,6)17(2,3)4/h9-13,16H,7-8,14H2,1-6H3. The average molecular weight is 279 g/mol. The number of rotatable bonds is 6. The normalized spacial score (nSPS) is 14.4. The van der Waals surface area contributed by atoms with Crippen molar-refractivity contribution in [1.29, 1.82) is 0 Å². The summed E-state index contributed by atoms with van der Waals surface area (Å²) in [4.78, 5) is 0. The second-order valence-electron chi connectivity index (χ2n) is 6.92. The highest BCUT2D eigenvalue weighted by molar-refractivity contribution is 6.74. The number of hydrogen-bond donors (Lipinski definition) is 0. The maximum atomic E-state index is 6.63. The molecule has 0 N–H and O–H groups in total. The van der Waals surface area contributed by atoms with Gasteiger partial charge in [0.1, 0.15) is 0 Å². The average Bonchev–Trinajstić information content (AvgIpc) is 2.34. The molecule has 0 aliphatic carbocycles. The van der Waals surface area contributed by atoms with Gasteiger partial charge in [-0.15, -0.1) is 0 Å². The minimum Gasteiger partial charge on any atom is -0.410 e. The molecule has 2 heteroatoms. The lowest BCUT2D eigenvalue weighted by Crippen LogP contribution is -2.41. The van der Waals surface area contributed by atoms with E-state index in [1.807, 2.05) is 0 Å². The van der Waals surface area contributed by atoms with Crippen LogP contribution in [0.2, 0.25) is 18.1 Å². The summed E-state index contributed by atoms with van der Waals surface area (Å²) in [6.45, 7) is 13.8. The Bertz CT molecular complexity index is 365. The zero-order valence-corrected chi connectivity index (χ0v) is 14.5. The number of hydrogen-bond acceptors (Lipinski definition) is 1. The van der Waals surface area contributed by atoms with E-state index in [-0.39, 0.29) is 11.1 Å². The third-order valence-electron chi connectivity index (χ3n) is 4.23. The molecule has 0 amide bonds. The molecule has 1 rings (SSSR count). The van der Waals surface area contributed by atoms with E-state index in [1.165, 1.54) is 18.4 Å². The molecule has 0 saturated carbocycles. The van der Waals surface area contributed by atoms with Crippen LogP contribution in [0.15, 0.2) is 30.3 Å². The molecule has 0 aliphatic heterocycles. The third-order valence-corrected chi connectivity index (χ3v) is 8.72. The van der Waals surface area contributed by atoms with Gasteiger partial charge in [0.2, 0.25) is 0 Å². The topological polar surface area (TPSA) is 9.23 Å². The van der Waals surface area contributed by atoms with E-state index < -0.39 is 8.32 Å². The van der Waals surface area contributed by atoms with Gasteiger partial charge in [-0.05, 0) is 30.1 Å². The summed E-state index contributed by atoms with van der Waals surface area (Å²) in [5, 5.41) is 0.270. The van der Waals surface area contributed by atoms with Crippen molar-refractivity contribution < 1.29 is 4.43 Å². The minimum absolute atomic E-state index is 0.266. The molecule has 0 radical (unpaired) electrons. The molecular formula is C17H30OSi. The summed E-state index contributed by atoms with van der Waals surface area (Å²) in [5.74, 6) is 0. The van der Waals surface area contributed by atoms with Crippen LogP contribution in [0.25, 0.3) is 0 Å². The van der Waals surface area contributed by atoms with Crippen molar-refractivity contribution in [3.8, 4) is 0 Å². The highest BCUT2D eigenvalue weighted by atomic mass is 28.4. The van der Waals surface area contributed by atoms with Crippen LogP contribution in [0.4, 0.5) is 0 Å². The van der Waals surface area contributed by atoms with Gasteiger partial charge in [0.25, 0.3) is 0 Å². The van der Waals surface area contributed by atoms with Crippen molar-refractivity contribution >= 4 is 8.32 Å². The van der Waals surface area contributed by atoms with Crippen LogP contribution in [0.3, 0.4) is 0 Å². The van der Waals surface area contributed by atoms with E-state index >= 15 is 0 Å². The Hall–Kier alpha value is -0.603. The van der Waals surface area contributed by atoms with Crippen LogP contribution in [-0.2, 0) is 4.43 Å². The van der Waals surface area contributed by atoms with Gasteiger partial charge in [-0.3, -0.25) is 0 Å². The lowest BCUT2D eigenvalue weighted by molar-refractivity contribution is 0.170. The summed E-state index contributed by atoms with van der Waals surface area (Å²) in [6.07, 6.45) is 3.85. The molecule has 1 nitrogen and oxygen atoms in total. The van der Waals surface area contributed by atoms with Gasteiger partial charge in [0.15, 0.2) is 8.32 Å². The Morgan fingerprint density at radius 1 is 1.11 bits per heavy atom. The zero-order chi connectivity index (χ0) is 14.5. The van der Waals surface area contributed by atoms with Crippen LogP contribution in [-0.4, -0.2) is 8.32 Å². The van der Waals surface area contributed by atoms with E-state index in [2.05, 4.69) is 71.1 Å². The molecule has 1 aromatic carbocycles. The van der Waals surface area contributed by atoms with Crippen LogP contribution in [0.5, 0.6) is 0 Å². The van der Waals surface area contributed by atoms with Crippen molar-refractivity contribution in [2.75, 3.05) is 0 Å². The Morgan fingerprint density at radius 2 is 1.68 bits per heavy atom. The largest absolute Gasteiger partial charge is 0.410 e. The molecule has 0 aromatic heterocycles. The smallest absolute Gasteiger partial charge is 0.192 e. The monoisotopic (exact) mass is 278 g/mol. The van der Waals surface area contributed by atoms with Gasteiger partial charge in [0.05, 0.1) is 6.10 Å². The zero-order valence-electron chi connectivity index (χ0n) is 13.5. The first-order valence-electron chi connectivity index (χ1n) is 7.50. The Kier molecular flexibility index (Phi) is 5.81. The molecule has 19 heavy (non-hydrogen) atoms. The SMILES string of the molecule is CCCCC(O[Si](C)(C)C(C)(C)C)c1ccccc1. The predicted molar refractivity (Wildman–Crippen MR) is 87.0 cm³/mol. The van der Waals surface area contributed by atoms with Crippen molar-refractivity contribution in [3.63, 3.8) is 0 Å². The van der Waals surface area contributed by atoms with E-state index in [0.29, 0.717) is 0 Å². The van der Waals surface area contributed by atoms with Crippen molar-refractivity contribution in [1.82, 2.24) is 0 Å².